The Morgan fingerprint density at radius 3 is 2.40 bits per heavy atom. The number of hydrazone groups is 1. The third-order valence-corrected chi connectivity index (χ3v) is 4.32. The number of halogens is 1. The second-order valence-corrected chi connectivity index (χ2v) is 6.48. The number of ether oxygens (including phenoxy) is 1. The molecule has 7 heteroatoms. The molecule has 0 aliphatic heterocycles. The van der Waals surface area contributed by atoms with Gasteiger partial charge in [-0.05, 0) is 48.7 Å². The van der Waals surface area contributed by atoms with Crippen LogP contribution in [0.25, 0.3) is 10.8 Å². The Balaban J connectivity index is 1.54. The summed E-state index contributed by atoms with van der Waals surface area (Å²) in [6, 6.07) is 16.9. The summed E-state index contributed by atoms with van der Waals surface area (Å²) in [7, 11) is 0. The largest absolute Gasteiger partial charge is 0.493 e. The molecule has 3 aromatic carbocycles. The average molecular weight is 407 g/mol. The van der Waals surface area contributed by atoms with E-state index < -0.39 is 0 Å². The van der Waals surface area contributed by atoms with E-state index in [4.69, 9.17) is 4.74 Å². The van der Waals surface area contributed by atoms with Crippen LogP contribution in [-0.2, 0) is 9.59 Å². The lowest BCUT2D eigenvalue weighted by atomic mass is 10.0. The van der Waals surface area contributed by atoms with Gasteiger partial charge >= 0.3 is 0 Å². The third-order valence-electron chi connectivity index (χ3n) is 4.32. The summed E-state index contributed by atoms with van der Waals surface area (Å²) < 4.78 is 18.5. The number of nitrogens with one attached hydrogen (secondary N) is 2. The molecular formula is C23H22FN3O3. The van der Waals surface area contributed by atoms with Gasteiger partial charge in [0.2, 0.25) is 11.8 Å². The highest BCUT2D eigenvalue weighted by molar-refractivity contribution is 6.02. The zero-order valence-corrected chi connectivity index (χ0v) is 16.5. The number of hydrogen-bond donors (Lipinski definition) is 2. The molecule has 0 fully saturated rings. The van der Waals surface area contributed by atoms with Crippen LogP contribution in [0.5, 0.6) is 5.75 Å². The number of carbonyl (C=O) groups is 2. The monoisotopic (exact) mass is 407 g/mol. The molecular weight excluding hydrogens is 385 g/mol. The second kappa shape index (κ2) is 10.2. The molecule has 2 N–H and O–H groups in total. The van der Waals surface area contributed by atoms with E-state index in [1.807, 2.05) is 43.3 Å². The van der Waals surface area contributed by atoms with Crippen molar-refractivity contribution in [3.05, 3.63) is 72.0 Å². The molecule has 0 unspecified atom stereocenters. The van der Waals surface area contributed by atoms with Gasteiger partial charge in [0.1, 0.15) is 11.6 Å². The highest BCUT2D eigenvalue weighted by atomic mass is 19.1. The molecule has 0 atom stereocenters. The minimum Gasteiger partial charge on any atom is -0.493 e. The molecule has 0 aliphatic rings. The summed E-state index contributed by atoms with van der Waals surface area (Å²) in [5, 5.41) is 8.53. The van der Waals surface area contributed by atoms with Gasteiger partial charge in [-0.25, -0.2) is 9.82 Å². The molecule has 3 rings (SSSR count). The molecule has 0 aliphatic carbocycles. The van der Waals surface area contributed by atoms with Crippen LogP contribution >= 0.6 is 0 Å². The van der Waals surface area contributed by atoms with E-state index in [9.17, 15) is 14.0 Å². The zero-order chi connectivity index (χ0) is 21.3. The van der Waals surface area contributed by atoms with Gasteiger partial charge in [-0.2, -0.15) is 5.10 Å². The lowest BCUT2D eigenvalue weighted by Gasteiger charge is -2.09. The van der Waals surface area contributed by atoms with E-state index in [1.165, 1.54) is 24.3 Å². The first-order chi connectivity index (χ1) is 14.6. The number of amides is 2. The standard InChI is InChI=1S/C23H22FN3O3/c1-2-30-21-12-7-16(19-5-3-4-6-20(19)21)15-25-27-23(29)14-13-22(28)26-18-10-8-17(24)9-11-18/h3-12,15H,2,13-14H2,1H3,(H,26,28)(H,27,29). The minimum absolute atomic E-state index is 0.00921. The number of nitrogens with zero attached hydrogens (tertiary/aromatic N) is 1. The van der Waals surface area contributed by atoms with Crippen molar-refractivity contribution in [3.8, 4) is 5.75 Å². The Kier molecular flexibility index (Phi) is 7.10. The van der Waals surface area contributed by atoms with Crippen molar-refractivity contribution in [2.45, 2.75) is 19.8 Å². The molecule has 0 bridgehead atoms. The molecule has 0 heterocycles. The normalized spacial score (nSPS) is 10.9. The fourth-order valence-electron chi connectivity index (χ4n) is 2.90. The van der Waals surface area contributed by atoms with Crippen LogP contribution in [0.2, 0.25) is 0 Å². The molecule has 2 amide bonds. The number of carbonyl (C=O) groups excluding carboxylic acids is 2. The van der Waals surface area contributed by atoms with Crippen molar-refractivity contribution < 1.29 is 18.7 Å². The van der Waals surface area contributed by atoms with Crippen LogP contribution in [0.15, 0.2) is 65.8 Å². The predicted molar refractivity (Wildman–Crippen MR) is 115 cm³/mol. The maximum absolute atomic E-state index is 12.9. The van der Waals surface area contributed by atoms with Gasteiger partial charge in [0, 0.05) is 29.5 Å². The number of rotatable bonds is 8. The summed E-state index contributed by atoms with van der Waals surface area (Å²) in [4.78, 5) is 23.9. The molecule has 154 valence electrons. The van der Waals surface area contributed by atoms with Crippen LogP contribution in [0, 0.1) is 5.82 Å². The summed E-state index contributed by atoms with van der Waals surface area (Å²) in [6.45, 7) is 2.50. The Labute approximate surface area is 173 Å². The van der Waals surface area contributed by atoms with E-state index in [1.54, 1.807) is 6.21 Å². The summed E-state index contributed by atoms with van der Waals surface area (Å²) >= 11 is 0. The zero-order valence-electron chi connectivity index (χ0n) is 16.5. The first-order valence-corrected chi connectivity index (χ1v) is 9.58. The first kappa shape index (κ1) is 21.0. The molecule has 30 heavy (non-hydrogen) atoms. The van der Waals surface area contributed by atoms with Crippen LogP contribution in [0.4, 0.5) is 10.1 Å². The lowest BCUT2D eigenvalue weighted by Crippen LogP contribution is -2.20. The van der Waals surface area contributed by atoms with Crippen LogP contribution < -0.4 is 15.5 Å². The SMILES string of the molecule is CCOc1ccc(C=NNC(=O)CCC(=O)Nc2ccc(F)cc2)c2ccccc12. The Morgan fingerprint density at radius 2 is 1.67 bits per heavy atom. The van der Waals surface area contributed by atoms with Gasteiger partial charge in [0.05, 0.1) is 12.8 Å². The predicted octanol–water partition coefficient (Wildman–Crippen LogP) is 4.25. The maximum atomic E-state index is 12.9. The molecule has 0 aromatic heterocycles. The maximum Gasteiger partial charge on any atom is 0.240 e. The molecule has 6 nitrogen and oxygen atoms in total. The lowest BCUT2D eigenvalue weighted by molar-refractivity contribution is -0.124. The quantitative estimate of drug-likeness (QED) is 0.433. The Morgan fingerprint density at radius 1 is 0.967 bits per heavy atom. The van der Waals surface area contributed by atoms with E-state index in [0.29, 0.717) is 12.3 Å². The third kappa shape index (κ3) is 5.64. The highest BCUT2D eigenvalue weighted by Gasteiger charge is 2.08. The van der Waals surface area contributed by atoms with Crippen LogP contribution in [-0.4, -0.2) is 24.6 Å². The van der Waals surface area contributed by atoms with E-state index in [2.05, 4.69) is 15.8 Å². The van der Waals surface area contributed by atoms with Crippen molar-refractivity contribution in [1.29, 1.82) is 0 Å². The molecule has 0 saturated heterocycles. The molecule has 0 radical (unpaired) electrons. The number of anilines is 1. The van der Waals surface area contributed by atoms with Gasteiger partial charge in [0.25, 0.3) is 0 Å². The van der Waals surface area contributed by atoms with Crippen LogP contribution in [0.3, 0.4) is 0 Å². The van der Waals surface area contributed by atoms with Crippen molar-refractivity contribution >= 4 is 34.5 Å². The van der Waals surface area contributed by atoms with Crippen molar-refractivity contribution in [1.82, 2.24) is 5.43 Å². The molecule has 0 spiro atoms. The Hall–Kier alpha value is -3.74. The molecule has 3 aromatic rings. The highest BCUT2D eigenvalue weighted by Crippen LogP contribution is 2.27. The molecule has 0 saturated carbocycles. The average Bonchev–Trinajstić information content (AvgIpc) is 2.75. The summed E-state index contributed by atoms with van der Waals surface area (Å²) in [5.74, 6) is -0.305. The van der Waals surface area contributed by atoms with E-state index >= 15 is 0 Å². The van der Waals surface area contributed by atoms with Gasteiger partial charge in [0.15, 0.2) is 0 Å². The second-order valence-electron chi connectivity index (χ2n) is 6.48. The summed E-state index contributed by atoms with van der Waals surface area (Å²) in [6.07, 6.45) is 1.54. The van der Waals surface area contributed by atoms with Gasteiger partial charge in [-0.3, -0.25) is 9.59 Å². The van der Waals surface area contributed by atoms with E-state index in [0.717, 1.165) is 22.1 Å². The van der Waals surface area contributed by atoms with Crippen molar-refractivity contribution in [2.24, 2.45) is 5.10 Å². The number of fused-ring (bicyclic) bond motifs is 1. The fraction of sp³-hybridized carbons (Fsp3) is 0.174. The van der Waals surface area contributed by atoms with Crippen molar-refractivity contribution in [2.75, 3.05) is 11.9 Å². The van der Waals surface area contributed by atoms with Gasteiger partial charge in [-0.15, -0.1) is 0 Å². The van der Waals surface area contributed by atoms with Crippen LogP contribution in [0.1, 0.15) is 25.3 Å². The smallest absolute Gasteiger partial charge is 0.240 e. The minimum atomic E-state index is -0.384. The Bertz CT molecular complexity index is 1060. The fourth-order valence-corrected chi connectivity index (χ4v) is 2.90. The van der Waals surface area contributed by atoms with E-state index in [-0.39, 0.29) is 30.5 Å². The number of hydrogen-bond acceptors (Lipinski definition) is 4. The first-order valence-electron chi connectivity index (χ1n) is 9.58. The van der Waals surface area contributed by atoms with Gasteiger partial charge in [-0.1, -0.05) is 24.3 Å². The topological polar surface area (TPSA) is 79.8 Å². The van der Waals surface area contributed by atoms with Gasteiger partial charge < -0.3 is 10.1 Å². The van der Waals surface area contributed by atoms with Crippen molar-refractivity contribution in [3.63, 3.8) is 0 Å². The summed E-state index contributed by atoms with van der Waals surface area (Å²) in [5.41, 5.74) is 3.74. The number of benzene rings is 3.